The summed E-state index contributed by atoms with van der Waals surface area (Å²) in [6.45, 7) is 9.49. The Hall–Kier alpha value is -11.8. The number of hydrogen-bond donors (Lipinski definition) is 2. The average Bonchev–Trinajstić information content (AvgIpc) is 1.60. The summed E-state index contributed by atoms with van der Waals surface area (Å²) >= 11 is 0. The number of nitrogens with one attached hydrogen (secondary N) is 2. The summed E-state index contributed by atoms with van der Waals surface area (Å²) in [5.74, 6) is 3.37. The number of esters is 4. The zero-order chi connectivity index (χ0) is 66.1. The van der Waals surface area contributed by atoms with Crippen LogP contribution >= 0.6 is 0 Å². The van der Waals surface area contributed by atoms with Crippen LogP contribution in [-0.4, -0.2) is 90.2 Å². The van der Waals surface area contributed by atoms with E-state index in [0.717, 1.165) is 51.4 Å². The highest BCUT2D eigenvalue weighted by molar-refractivity contribution is 6.07. The second kappa shape index (κ2) is 28.6. The molecule has 2 aliphatic rings. The van der Waals surface area contributed by atoms with Crippen molar-refractivity contribution in [1.29, 1.82) is 0 Å². The lowest BCUT2D eigenvalue weighted by Crippen LogP contribution is -2.06. The molecule has 5 heterocycles. The van der Waals surface area contributed by atoms with Crippen molar-refractivity contribution in [3.05, 3.63) is 192 Å². The summed E-state index contributed by atoms with van der Waals surface area (Å²) in [7, 11) is 0. The van der Waals surface area contributed by atoms with Gasteiger partial charge >= 0.3 is 23.9 Å². The number of carbonyl (C=O) groups excluding carboxylic acids is 4. The van der Waals surface area contributed by atoms with Crippen molar-refractivity contribution in [2.24, 2.45) is 0 Å². The molecule has 8 aromatic carbocycles. The highest BCUT2D eigenvalue weighted by Crippen LogP contribution is 2.42. The normalized spacial score (nSPS) is 11.4. The van der Waals surface area contributed by atoms with E-state index in [-0.39, 0.29) is 0 Å². The molecular weight excluding hydrogens is 1220 g/mol. The highest BCUT2D eigenvalue weighted by Gasteiger charge is 2.25. The molecule has 3 aromatic heterocycles. The van der Waals surface area contributed by atoms with E-state index >= 15 is 0 Å². The smallest absolute Gasteiger partial charge is 0.338 e. The van der Waals surface area contributed by atoms with Crippen LogP contribution in [0.3, 0.4) is 0 Å². The molecule has 20 heteroatoms. The molecule has 0 fully saturated rings. The zero-order valence-electron chi connectivity index (χ0n) is 53.2. The largest absolute Gasteiger partial charge is 0.462 e. The molecule has 2 aliphatic heterocycles. The van der Waals surface area contributed by atoms with Gasteiger partial charge in [-0.1, -0.05) is 53.4 Å². The fourth-order valence-electron chi connectivity index (χ4n) is 10.7. The summed E-state index contributed by atoms with van der Waals surface area (Å²) in [5, 5.41) is 2.58. The van der Waals surface area contributed by atoms with E-state index in [4.69, 9.17) is 67.8 Å². The van der Waals surface area contributed by atoms with Crippen LogP contribution in [0.4, 0.5) is 0 Å². The Labute approximate surface area is 551 Å². The summed E-state index contributed by atoms with van der Waals surface area (Å²) in [6, 6.07) is 49.2. The van der Waals surface area contributed by atoms with E-state index in [1.807, 2.05) is 100 Å². The highest BCUT2D eigenvalue weighted by atomic mass is 16.5. The number of ether oxygens (including phenoxy) is 8. The maximum atomic E-state index is 12.8. The molecule has 0 saturated heterocycles. The van der Waals surface area contributed by atoms with Gasteiger partial charge in [-0.2, -0.15) is 0 Å². The Morgan fingerprint density at radius 1 is 0.281 bits per heavy atom. The second-order valence-electron chi connectivity index (χ2n) is 22.9. The van der Waals surface area contributed by atoms with E-state index in [9.17, 15) is 19.2 Å². The molecule has 0 aliphatic carbocycles. The lowest BCUT2D eigenvalue weighted by Gasteiger charge is -2.09. The van der Waals surface area contributed by atoms with Crippen molar-refractivity contribution in [3.63, 3.8) is 0 Å². The van der Waals surface area contributed by atoms with Crippen LogP contribution in [-0.2, 0) is 18.9 Å². The Balaban J connectivity index is 0.957. The monoisotopic (exact) mass is 1280 g/mol. The number of aromatic amines is 2. The molecule has 0 atom stereocenters. The van der Waals surface area contributed by atoms with E-state index in [1.165, 1.54) is 0 Å². The maximum absolute atomic E-state index is 12.8. The van der Waals surface area contributed by atoms with Crippen LogP contribution in [0.15, 0.2) is 170 Å². The standard InChI is InChI=1S/C76H66N8O12/c1-5-9-37-89-73(85)45-13-21-49(22-14-45)93-53-29-33-57-61(41-53)69-77-65(57)82-70-63-43-55(95-51-25-17-47(18-26-51)75(87)91-39-11-7-3)31-35-59(63)67(79-70)84-72-64-44-56(96-52-27-19-48(20-28-52)76(88)92-40-12-8-4)32-36-60(64)68(80-72)83-71-62-42-54(30-34-58(62)66(78-71)81-69)94-50-23-15-46(16-24-50)74(86)90-38-10-6-2/h13-36,41-44H,5-12,37-40H2,1-4H3,(H2,77,78,79,80,81,82,83,84). The van der Waals surface area contributed by atoms with E-state index < -0.39 is 23.9 Å². The minimum Gasteiger partial charge on any atom is -0.462 e. The van der Waals surface area contributed by atoms with Crippen molar-refractivity contribution in [2.75, 3.05) is 26.4 Å². The third-order valence-corrected chi connectivity index (χ3v) is 15.9. The fraction of sp³-hybridized carbons (Fsp3) is 0.211. The number of nitrogens with zero attached hydrogens (tertiary/aromatic N) is 6. The number of carbonyl (C=O) groups is 4. The van der Waals surface area contributed by atoms with Gasteiger partial charge in [0.1, 0.15) is 68.6 Å². The van der Waals surface area contributed by atoms with Gasteiger partial charge in [-0.05, 0) is 196 Å². The van der Waals surface area contributed by atoms with Gasteiger partial charge in [0, 0.05) is 43.8 Å². The molecular formula is C76H66N8O12. The molecule has 0 unspecified atom stereocenters. The molecule has 482 valence electrons. The van der Waals surface area contributed by atoms with Crippen molar-refractivity contribution in [3.8, 4) is 91.5 Å². The topological polar surface area (TPSA) is 251 Å². The molecule has 13 rings (SSSR count). The Morgan fingerprint density at radius 3 is 0.823 bits per heavy atom. The predicted octanol–water partition coefficient (Wildman–Crippen LogP) is 17.9. The summed E-state index contributed by atoms with van der Waals surface area (Å²) < 4.78 is 47.6. The van der Waals surface area contributed by atoms with Crippen molar-refractivity contribution in [2.45, 2.75) is 79.1 Å². The van der Waals surface area contributed by atoms with Gasteiger partial charge < -0.3 is 47.9 Å². The first-order chi connectivity index (χ1) is 47.0. The van der Waals surface area contributed by atoms with Crippen LogP contribution < -0.4 is 18.9 Å². The minimum absolute atomic E-state index is 0.297. The molecule has 20 nitrogen and oxygen atoms in total. The number of fused-ring (bicyclic) bond motifs is 20. The molecule has 0 radical (unpaired) electrons. The minimum atomic E-state index is -0.410. The molecule has 8 bridgehead atoms. The van der Waals surface area contributed by atoms with Crippen molar-refractivity contribution >= 4 is 68.0 Å². The third kappa shape index (κ3) is 14.1. The van der Waals surface area contributed by atoms with Crippen LogP contribution in [0.2, 0.25) is 0 Å². The summed E-state index contributed by atoms with van der Waals surface area (Å²) in [5.41, 5.74) is 5.66. The quantitative estimate of drug-likeness (QED) is 0.0324. The lowest BCUT2D eigenvalue weighted by molar-refractivity contribution is 0.0490. The first kappa shape index (κ1) is 63.0. The Bertz CT molecular complexity index is 4610. The summed E-state index contributed by atoms with van der Waals surface area (Å²) in [4.78, 5) is 89.7. The Morgan fingerprint density at radius 2 is 0.531 bits per heavy atom. The summed E-state index contributed by atoms with van der Waals surface area (Å²) in [6.07, 6.45) is 6.70. The van der Waals surface area contributed by atoms with Crippen LogP contribution in [0.25, 0.3) is 89.7 Å². The van der Waals surface area contributed by atoms with Gasteiger partial charge in [-0.3, -0.25) is 0 Å². The lowest BCUT2D eigenvalue weighted by atomic mass is 10.1. The van der Waals surface area contributed by atoms with E-state index in [2.05, 4.69) is 9.97 Å². The van der Waals surface area contributed by atoms with Gasteiger partial charge in [0.25, 0.3) is 0 Å². The predicted molar refractivity (Wildman–Crippen MR) is 363 cm³/mol. The number of benzene rings is 8. The number of aromatic nitrogens is 8. The fourth-order valence-corrected chi connectivity index (χ4v) is 10.7. The zero-order valence-corrected chi connectivity index (χ0v) is 53.2. The molecule has 0 spiro atoms. The molecule has 11 aromatic rings. The molecule has 0 amide bonds. The number of rotatable bonds is 24. The van der Waals surface area contributed by atoms with Gasteiger partial charge in [0.2, 0.25) is 0 Å². The van der Waals surface area contributed by atoms with Gasteiger partial charge in [0.15, 0.2) is 23.3 Å². The molecule has 0 saturated carbocycles. The van der Waals surface area contributed by atoms with Gasteiger partial charge in [-0.15, -0.1) is 0 Å². The van der Waals surface area contributed by atoms with Crippen LogP contribution in [0.1, 0.15) is 120 Å². The SMILES string of the molecule is CCCCOC(=O)c1ccc(Oc2ccc3c(c2)-c2nc-3nc3[nH]c(nc4nc(nc5[nH]c(n2)c2ccc(Oc6ccc(C(=O)OCCCC)cc6)cc52)-c2ccc(Oc5ccc(C(=O)OCCCC)cc5)cc2-4)c2ccc(Oc4ccc(C(=O)OCCCC)cc4)cc32)cc1. The number of H-pyrrole nitrogens is 2. The van der Waals surface area contributed by atoms with Crippen LogP contribution in [0.5, 0.6) is 46.0 Å². The number of hydrogen-bond acceptors (Lipinski definition) is 18. The second-order valence-corrected chi connectivity index (χ2v) is 22.9. The average molecular weight is 1280 g/mol. The number of unbranched alkanes of at least 4 members (excludes halogenated alkanes) is 4. The van der Waals surface area contributed by atoms with Crippen molar-refractivity contribution < 1.29 is 57.1 Å². The van der Waals surface area contributed by atoms with Crippen molar-refractivity contribution in [1.82, 2.24) is 39.9 Å². The van der Waals surface area contributed by atoms with E-state index in [0.29, 0.717) is 184 Å². The van der Waals surface area contributed by atoms with Gasteiger partial charge in [0.05, 0.1) is 48.7 Å². The molecule has 2 N–H and O–H groups in total. The molecule has 96 heavy (non-hydrogen) atoms. The van der Waals surface area contributed by atoms with E-state index in [1.54, 1.807) is 97.1 Å². The van der Waals surface area contributed by atoms with Crippen LogP contribution in [0, 0.1) is 0 Å². The maximum Gasteiger partial charge on any atom is 0.338 e. The first-order valence-electron chi connectivity index (χ1n) is 32.2. The third-order valence-electron chi connectivity index (χ3n) is 15.9. The Kier molecular flexibility index (Phi) is 18.8. The first-order valence-corrected chi connectivity index (χ1v) is 32.2. The van der Waals surface area contributed by atoms with Gasteiger partial charge in [-0.25, -0.2) is 49.1 Å².